The molecule has 0 saturated carbocycles. The zero-order valence-corrected chi connectivity index (χ0v) is 7.37. The summed E-state index contributed by atoms with van der Waals surface area (Å²) >= 11 is 0. The van der Waals surface area contributed by atoms with E-state index in [-0.39, 0.29) is 0 Å². The van der Waals surface area contributed by atoms with Crippen LogP contribution in [-0.4, -0.2) is 63.4 Å². The van der Waals surface area contributed by atoms with Gasteiger partial charge in [-0.25, -0.2) is 0 Å². The van der Waals surface area contributed by atoms with Crippen molar-refractivity contribution in [2.45, 2.75) is 30.5 Å². The van der Waals surface area contributed by atoms with Gasteiger partial charge in [0.2, 0.25) is 0 Å². The second-order valence-electron chi connectivity index (χ2n) is 3.20. The Balaban J connectivity index is 2.78. The molecular formula is C7H14N2O5. The SMILES string of the molecule is N=C(N)[C@@H]1O[C@H](CO)[C@H](O)[C@H](O)[C@H]1O. The van der Waals surface area contributed by atoms with E-state index in [0.717, 1.165) is 0 Å². The molecule has 0 aliphatic carbocycles. The zero-order valence-electron chi connectivity index (χ0n) is 7.37. The highest BCUT2D eigenvalue weighted by atomic mass is 16.5. The molecule has 1 aliphatic heterocycles. The van der Waals surface area contributed by atoms with Crippen LogP contribution in [-0.2, 0) is 4.74 Å². The lowest BCUT2D eigenvalue weighted by Gasteiger charge is -2.39. The molecule has 1 rings (SSSR count). The Hall–Kier alpha value is -0.730. The molecule has 0 radical (unpaired) electrons. The number of hydrogen-bond donors (Lipinski definition) is 6. The summed E-state index contributed by atoms with van der Waals surface area (Å²) in [6.07, 6.45) is -6.54. The molecular weight excluding hydrogens is 192 g/mol. The standard InChI is InChI=1S/C7H14N2O5/c8-7(9)6-5(13)4(12)3(11)2(1-10)14-6/h2-6,10-13H,1H2,(H3,8,9)/t2-,3+,4+,5-,6-/m1/s1. The molecule has 7 nitrogen and oxygen atoms in total. The Morgan fingerprint density at radius 2 is 1.79 bits per heavy atom. The van der Waals surface area contributed by atoms with E-state index in [1.165, 1.54) is 0 Å². The van der Waals surface area contributed by atoms with Gasteiger partial charge in [0.25, 0.3) is 0 Å². The van der Waals surface area contributed by atoms with Gasteiger partial charge >= 0.3 is 0 Å². The first-order valence-corrected chi connectivity index (χ1v) is 4.13. The molecule has 7 N–H and O–H groups in total. The topological polar surface area (TPSA) is 140 Å². The predicted molar refractivity (Wildman–Crippen MR) is 45.7 cm³/mol. The maximum Gasteiger partial charge on any atom is 0.143 e. The number of aliphatic hydroxyl groups excluding tert-OH is 4. The van der Waals surface area contributed by atoms with E-state index in [4.69, 9.17) is 21.0 Å². The number of hydrogen-bond acceptors (Lipinski definition) is 6. The van der Waals surface area contributed by atoms with Crippen molar-refractivity contribution in [1.82, 2.24) is 0 Å². The Kier molecular flexibility index (Phi) is 3.40. The fourth-order valence-corrected chi connectivity index (χ4v) is 1.36. The van der Waals surface area contributed by atoms with Gasteiger partial charge < -0.3 is 30.9 Å². The number of amidine groups is 1. The lowest BCUT2D eigenvalue weighted by Crippen LogP contribution is -2.61. The van der Waals surface area contributed by atoms with Gasteiger partial charge in [-0.1, -0.05) is 0 Å². The largest absolute Gasteiger partial charge is 0.394 e. The normalized spacial score (nSPS) is 43.6. The molecule has 7 heteroatoms. The van der Waals surface area contributed by atoms with Crippen LogP contribution in [0.1, 0.15) is 0 Å². The van der Waals surface area contributed by atoms with Crippen molar-refractivity contribution < 1.29 is 25.2 Å². The van der Waals surface area contributed by atoms with Crippen molar-refractivity contribution >= 4 is 5.84 Å². The summed E-state index contributed by atoms with van der Waals surface area (Å²) in [5.41, 5.74) is 5.11. The second kappa shape index (κ2) is 4.20. The molecule has 0 amide bonds. The van der Waals surface area contributed by atoms with Gasteiger partial charge in [-0.15, -0.1) is 0 Å². The highest BCUT2D eigenvalue weighted by Crippen LogP contribution is 2.20. The van der Waals surface area contributed by atoms with E-state index in [0.29, 0.717) is 0 Å². The quantitative estimate of drug-likeness (QED) is 0.207. The maximum absolute atomic E-state index is 9.35. The molecule has 0 unspecified atom stereocenters. The molecule has 1 aliphatic rings. The molecule has 1 heterocycles. The lowest BCUT2D eigenvalue weighted by atomic mass is 9.95. The molecule has 0 spiro atoms. The molecule has 1 fully saturated rings. The fourth-order valence-electron chi connectivity index (χ4n) is 1.36. The van der Waals surface area contributed by atoms with Crippen LogP contribution in [0.15, 0.2) is 0 Å². The summed E-state index contributed by atoms with van der Waals surface area (Å²) in [6, 6.07) is 0. The van der Waals surface area contributed by atoms with Crippen LogP contribution in [0.2, 0.25) is 0 Å². The van der Waals surface area contributed by atoms with Gasteiger partial charge in [0.1, 0.15) is 36.4 Å². The van der Waals surface area contributed by atoms with Crippen LogP contribution < -0.4 is 5.73 Å². The van der Waals surface area contributed by atoms with Crippen LogP contribution in [0.25, 0.3) is 0 Å². The van der Waals surface area contributed by atoms with Crippen LogP contribution in [0.3, 0.4) is 0 Å². The smallest absolute Gasteiger partial charge is 0.143 e. The minimum absolute atomic E-state index is 0.457. The molecule has 0 aromatic carbocycles. The fraction of sp³-hybridized carbons (Fsp3) is 0.857. The summed E-state index contributed by atoms with van der Waals surface area (Å²) in [4.78, 5) is 0. The van der Waals surface area contributed by atoms with Crippen LogP contribution >= 0.6 is 0 Å². The Bertz CT molecular complexity index is 222. The van der Waals surface area contributed by atoms with Crippen molar-refractivity contribution in [3.63, 3.8) is 0 Å². The summed E-state index contributed by atoms with van der Waals surface area (Å²) in [6.45, 7) is -0.519. The summed E-state index contributed by atoms with van der Waals surface area (Å²) in [5, 5.41) is 43.8. The minimum atomic E-state index is -1.48. The molecule has 0 bridgehead atoms. The Labute approximate surface area is 80.2 Å². The zero-order chi connectivity index (χ0) is 10.9. The van der Waals surface area contributed by atoms with Crippen molar-refractivity contribution in [3.05, 3.63) is 0 Å². The van der Waals surface area contributed by atoms with Gasteiger partial charge in [-0.3, -0.25) is 5.41 Å². The minimum Gasteiger partial charge on any atom is -0.394 e. The summed E-state index contributed by atoms with van der Waals surface area (Å²) < 4.78 is 4.93. The van der Waals surface area contributed by atoms with Crippen molar-refractivity contribution in [2.75, 3.05) is 6.61 Å². The van der Waals surface area contributed by atoms with Gasteiger partial charge in [0, 0.05) is 0 Å². The van der Waals surface area contributed by atoms with Crippen LogP contribution in [0, 0.1) is 5.41 Å². The molecule has 14 heavy (non-hydrogen) atoms. The third-order valence-corrected chi connectivity index (χ3v) is 2.20. The first-order valence-electron chi connectivity index (χ1n) is 4.13. The monoisotopic (exact) mass is 206 g/mol. The molecule has 1 saturated heterocycles. The maximum atomic E-state index is 9.35. The molecule has 0 aromatic rings. The van der Waals surface area contributed by atoms with Gasteiger partial charge in [0.15, 0.2) is 0 Å². The second-order valence-corrected chi connectivity index (χ2v) is 3.20. The number of ether oxygens (including phenoxy) is 1. The molecule has 82 valence electrons. The lowest BCUT2D eigenvalue weighted by molar-refractivity contribution is -0.212. The van der Waals surface area contributed by atoms with Crippen LogP contribution in [0.5, 0.6) is 0 Å². The highest BCUT2D eigenvalue weighted by Gasteiger charge is 2.44. The number of nitrogens with one attached hydrogen (secondary N) is 1. The average molecular weight is 206 g/mol. The predicted octanol–water partition coefficient (Wildman–Crippen LogP) is -3.24. The third kappa shape index (κ3) is 1.86. The Morgan fingerprint density at radius 3 is 2.21 bits per heavy atom. The third-order valence-electron chi connectivity index (χ3n) is 2.20. The van der Waals surface area contributed by atoms with E-state index in [1.54, 1.807) is 0 Å². The summed E-state index contributed by atoms with van der Waals surface area (Å²) in [5.74, 6) is -0.457. The van der Waals surface area contributed by atoms with E-state index in [1.807, 2.05) is 0 Å². The van der Waals surface area contributed by atoms with Gasteiger partial charge in [-0.2, -0.15) is 0 Å². The van der Waals surface area contributed by atoms with Crippen molar-refractivity contribution in [3.8, 4) is 0 Å². The van der Waals surface area contributed by atoms with E-state index >= 15 is 0 Å². The van der Waals surface area contributed by atoms with Gasteiger partial charge in [-0.05, 0) is 0 Å². The number of aliphatic hydroxyl groups is 4. The van der Waals surface area contributed by atoms with Crippen LogP contribution in [0.4, 0.5) is 0 Å². The number of rotatable bonds is 2. The van der Waals surface area contributed by atoms with Gasteiger partial charge in [0.05, 0.1) is 6.61 Å². The van der Waals surface area contributed by atoms with E-state index < -0.39 is 43.0 Å². The first kappa shape index (κ1) is 11.3. The summed E-state index contributed by atoms with van der Waals surface area (Å²) in [7, 11) is 0. The number of nitrogens with two attached hydrogens (primary N) is 1. The molecule has 5 atom stereocenters. The van der Waals surface area contributed by atoms with Crippen molar-refractivity contribution in [1.29, 1.82) is 5.41 Å². The van der Waals surface area contributed by atoms with E-state index in [9.17, 15) is 15.3 Å². The average Bonchev–Trinajstić information content (AvgIpc) is 2.14. The highest BCUT2D eigenvalue weighted by molar-refractivity contribution is 5.82. The first-order chi connectivity index (χ1) is 6.49. The molecule has 0 aromatic heterocycles. The van der Waals surface area contributed by atoms with Crippen molar-refractivity contribution in [2.24, 2.45) is 5.73 Å². The Morgan fingerprint density at radius 1 is 1.21 bits per heavy atom. The van der Waals surface area contributed by atoms with E-state index in [2.05, 4.69) is 0 Å².